The number of halogens is 2. The van der Waals surface area contributed by atoms with E-state index in [4.69, 9.17) is 23.2 Å². The second-order valence-corrected chi connectivity index (χ2v) is 6.93. The van der Waals surface area contributed by atoms with Crippen LogP contribution < -0.4 is 5.32 Å². The second kappa shape index (κ2) is 8.19. The maximum atomic E-state index is 12.4. The van der Waals surface area contributed by atoms with Gasteiger partial charge in [-0.3, -0.25) is 9.69 Å². The number of rotatable bonds is 5. The van der Waals surface area contributed by atoms with Crippen molar-refractivity contribution in [2.24, 2.45) is 0 Å². The standard InChI is InChI=1S/C17H24Cl2N2O/c1-12(17(22)20-14-8-4-3-5-9-14)21(2)11-13-7-6-10-15(18)16(13)19/h6-7,10,12,14H,3-5,8-9,11H2,1-2H3,(H,20,22)/t12-/m1/s1. The van der Waals surface area contributed by atoms with Crippen LogP contribution in [0.1, 0.15) is 44.6 Å². The monoisotopic (exact) mass is 342 g/mol. The molecular weight excluding hydrogens is 319 g/mol. The van der Waals surface area contributed by atoms with Crippen LogP contribution in [0.2, 0.25) is 10.0 Å². The molecule has 0 spiro atoms. The van der Waals surface area contributed by atoms with Gasteiger partial charge in [-0.25, -0.2) is 0 Å². The van der Waals surface area contributed by atoms with Crippen LogP contribution >= 0.6 is 23.2 Å². The van der Waals surface area contributed by atoms with Gasteiger partial charge in [0.2, 0.25) is 5.91 Å². The summed E-state index contributed by atoms with van der Waals surface area (Å²) in [6.07, 6.45) is 5.92. The molecule has 1 aliphatic rings. The third-order valence-corrected chi connectivity index (χ3v) is 5.30. The van der Waals surface area contributed by atoms with Gasteiger partial charge in [-0.15, -0.1) is 0 Å². The molecule has 1 fully saturated rings. The van der Waals surface area contributed by atoms with Gasteiger partial charge in [0.25, 0.3) is 0 Å². The molecule has 1 saturated carbocycles. The molecule has 122 valence electrons. The lowest BCUT2D eigenvalue weighted by molar-refractivity contribution is -0.126. The topological polar surface area (TPSA) is 32.3 Å². The number of carbonyl (C=O) groups is 1. The molecule has 0 aliphatic heterocycles. The average Bonchev–Trinajstić information content (AvgIpc) is 2.52. The van der Waals surface area contributed by atoms with Crippen LogP contribution in [0.5, 0.6) is 0 Å². The number of likely N-dealkylation sites (N-methyl/N-ethyl adjacent to an activating group) is 1. The number of hydrogen-bond acceptors (Lipinski definition) is 2. The minimum atomic E-state index is -0.197. The fraction of sp³-hybridized carbons (Fsp3) is 0.588. The third-order valence-electron chi connectivity index (χ3n) is 4.44. The SMILES string of the molecule is C[C@H](C(=O)NC1CCCCC1)N(C)Cc1cccc(Cl)c1Cl. The van der Waals surface area contributed by atoms with Crippen molar-refractivity contribution in [2.75, 3.05) is 7.05 Å². The largest absolute Gasteiger partial charge is 0.352 e. The van der Waals surface area contributed by atoms with Crippen molar-refractivity contribution < 1.29 is 4.79 Å². The van der Waals surface area contributed by atoms with E-state index in [-0.39, 0.29) is 11.9 Å². The lowest BCUT2D eigenvalue weighted by Gasteiger charge is -2.28. The quantitative estimate of drug-likeness (QED) is 0.866. The fourth-order valence-electron chi connectivity index (χ4n) is 2.85. The highest BCUT2D eigenvalue weighted by atomic mass is 35.5. The van der Waals surface area contributed by atoms with E-state index < -0.39 is 0 Å². The summed E-state index contributed by atoms with van der Waals surface area (Å²) >= 11 is 12.3. The Hall–Kier alpha value is -0.770. The molecule has 0 heterocycles. The molecule has 1 atom stereocenters. The zero-order valence-electron chi connectivity index (χ0n) is 13.2. The van der Waals surface area contributed by atoms with Crippen molar-refractivity contribution >= 4 is 29.1 Å². The summed E-state index contributed by atoms with van der Waals surface area (Å²) in [5.74, 6) is 0.0903. The van der Waals surface area contributed by atoms with Gasteiger partial charge in [0.15, 0.2) is 0 Å². The van der Waals surface area contributed by atoms with Crippen LogP contribution in [-0.4, -0.2) is 29.9 Å². The molecule has 22 heavy (non-hydrogen) atoms. The van der Waals surface area contributed by atoms with E-state index in [1.165, 1.54) is 19.3 Å². The number of nitrogens with one attached hydrogen (secondary N) is 1. The van der Waals surface area contributed by atoms with Gasteiger partial charge in [-0.05, 0) is 38.4 Å². The molecular formula is C17H24Cl2N2O. The molecule has 1 amide bonds. The first-order chi connectivity index (χ1) is 10.5. The van der Waals surface area contributed by atoms with E-state index in [1.807, 2.05) is 31.0 Å². The molecule has 1 N–H and O–H groups in total. The Labute approximate surface area is 143 Å². The van der Waals surface area contributed by atoms with Crippen LogP contribution in [0.15, 0.2) is 18.2 Å². The maximum Gasteiger partial charge on any atom is 0.237 e. The first-order valence-corrected chi connectivity index (χ1v) is 8.68. The minimum absolute atomic E-state index is 0.0903. The van der Waals surface area contributed by atoms with Crippen molar-refractivity contribution in [3.05, 3.63) is 33.8 Å². The Morgan fingerprint density at radius 2 is 2.00 bits per heavy atom. The number of hydrogen-bond donors (Lipinski definition) is 1. The van der Waals surface area contributed by atoms with E-state index in [0.717, 1.165) is 18.4 Å². The molecule has 5 heteroatoms. The predicted molar refractivity (Wildman–Crippen MR) is 92.4 cm³/mol. The highest BCUT2D eigenvalue weighted by Gasteiger charge is 2.22. The Balaban J connectivity index is 1.91. The van der Waals surface area contributed by atoms with Gasteiger partial charge < -0.3 is 5.32 Å². The van der Waals surface area contributed by atoms with E-state index in [0.29, 0.717) is 22.6 Å². The number of benzene rings is 1. The molecule has 0 saturated heterocycles. The van der Waals surface area contributed by atoms with Crippen LogP contribution in [0.3, 0.4) is 0 Å². The number of amides is 1. The number of nitrogens with zero attached hydrogens (tertiary/aromatic N) is 1. The molecule has 1 aliphatic carbocycles. The van der Waals surface area contributed by atoms with Crippen LogP contribution in [-0.2, 0) is 11.3 Å². The van der Waals surface area contributed by atoms with E-state index in [9.17, 15) is 4.79 Å². The highest BCUT2D eigenvalue weighted by molar-refractivity contribution is 6.42. The van der Waals surface area contributed by atoms with Gasteiger partial charge in [0.05, 0.1) is 16.1 Å². The molecule has 2 rings (SSSR count). The maximum absolute atomic E-state index is 12.4. The molecule has 0 radical (unpaired) electrons. The van der Waals surface area contributed by atoms with E-state index >= 15 is 0 Å². The summed E-state index contributed by atoms with van der Waals surface area (Å²) in [4.78, 5) is 14.4. The van der Waals surface area contributed by atoms with Crippen LogP contribution in [0, 0.1) is 0 Å². The number of carbonyl (C=O) groups excluding carboxylic acids is 1. The summed E-state index contributed by atoms with van der Waals surface area (Å²) in [5.41, 5.74) is 0.939. The van der Waals surface area contributed by atoms with Crippen molar-refractivity contribution in [3.8, 4) is 0 Å². The normalized spacial score (nSPS) is 17.5. The summed E-state index contributed by atoms with van der Waals surface area (Å²) in [6, 6.07) is 5.73. The zero-order chi connectivity index (χ0) is 16.1. The predicted octanol–water partition coefficient (Wildman–Crippen LogP) is 4.26. The van der Waals surface area contributed by atoms with Gasteiger partial charge in [-0.1, -0.05) is 54.6 Å². The van der Waals surface area contributed by atoms with E-state index in [2.05, 4.69) is 5.32 Å². The smallest absolute Gasteiger partial charge is 0.237 e. The van der Waals surface area contributed by atoms with Crippen molar-refractivity contribution in [1.82, 2.24) is 10.2 Å². The highest BCUT2D eigenvalue weighted by Crippen LogP contribution is 2.26. The van der Waals surface area contributed by atoms with Crippen molar-refractivity contribution in [1.29, 1.82) is 0 Å². The minimum Gasteiger partial charge on any atom is -0.352 e. The van der Waals surface area contributed by atoms with Crippen LogP contribution in [0.25, 0.3) is 0 Å². The van der Waals surface area contributed by atoms with Gasteiger partial charge in [0, 0.05) is 12.6 Å². The Morgan fingerprint density at radius 1 is 1.32 bits per heavy atom. The van der Waals surface area contributed by atoms with Crippen molar-refractivity contribution in [2.45, 2.75) is 57.7 Å². The lowest BCUT2D eigenvalue weighted by atomic mass is 9.95. The molecule has 0 bridgehead atoms. The van der Waals surface area contributed by atoms with Gasteiger partial charge >= 0.3 is 0 Å². The molecule has 1 aromatic carbocycles. The van der Waals surface area contributed by atoms with Crippen molar-refractivity contribution in [3.63, 3.8) is 0 Å². The Morgan fingerprint density at radius 3 is 2.68 bits per heavy atom. The van der Waals surface area contributed by atoms with Gasteiger partial charge in [0.1, 0.15) is 0 Å². The molecule has 3 nitrogen and oxygen atoms in total. The molecule has 0 unspecified atom stereocenters. The zero-order valence-corrected chi connectivity index (χ0v) is 14.8. The van der Waals surface area contributed by atoms with E-state index in [1.54, 1.807) is 6.07 Å². The average molecular weight is 343 g/mol. The first-order valence-electron chi connectivity index (χ1n) is 7.92. The van der Waals surface area contributed by atoms with Gasteiger partial charge in [-0.2, -0.15) is 0 Å². The summed E-state index contributed by atoms with van der Waals surface area (Å²) in [5, 5.41) is 4.29. The first kappa shape index (κ1) is 17.6. The Bertz CT molecular complexity index is 515. The second-order valence-electron chi connectivity index (χ2n) is 6.15. The summed E-state index contributed by atoms with van der Waals surface area (Å²) < 4.78 is 0. The molecule has 0 aromatic heterocycles. The third kappa shape index (κ3) is 4.61. The Kier molecular flexibility index (Phi) is 6.54. The summed E-state index contributed by atoms with van der Waals surface area (Å²) in [7, 11) is 1.93. The fourth-order valence-corrected chi connectivity index (χ4v) is 3.22. The molecule has 1 aromatic rings. The van der Waals surface area contributed by atoms with Crippen LogP contribution in [0.4, 0.5) is 0 Å². The lowest BCUT2D eigenvalue weighted by Crippen LogP contribution is -2.47. The summed E-state index contributed by atoms with van der Waals surface area (Å²) in [6.45, 7) is 2.52.